The van der Waals surface area contributed by atoms with Gasteiger partial charge >= 0.3 is 0 Å². The van der Waals surface area contributed by atoms with Gasteiger partial charge in [0.05, 0.1) is 0 Å². The first-order valence-electron chi connectivity index (χ1n) is 5.52. The fourth-order valence-electron chi connectivity index (χ4n) is 1.94. The first kappa shape index (κ1) is 12.2. The van der Waals surface area contributed by atoms with E-state index < -0.39 is 6.10 Å². The number of aliphatic hydroxyl groups excluding tert-OH is 1. The molecule has 2 heteroatoms. The van der Waals surface area contributed by atoms with Crippen LogP contribution in [0.4, 0.5) is 0 Å². The van der Waals surface area contributed by atoms with Crippen LogP contribution in [0, 0.1) is 5.92 Å². The van der Waals surface area contributed by atoms with Gasteiger partial charge in [0.25, 0.3) is 0 Å². The lowest BCUT2D eigenvalue weighted by atomic mass is 9.92. The highest BCUT2D eigenvalue weighted by atomic mass is 16.3. The third kappa shape index (κ3) is 3.63. The molecule has 0 aromatic heterocycles. The average Bonchev–Trinajstić information content (AvgIpc) is 2.60. The Bertz CT molecular complexity index is 289. The fourth-order valence-corrected chi connectivity index (χ4v) is 1.94. The molecule has 2 nitrogen and oxygen atoms in total. The van der Waals surface area contributed by atoms with Gasteiger partial charge in [-0.25, -0.2) is 0 Å². The van der Waals surface area contributed by atoms with Crippen LogP contribution in [-0.2, 0) is 4.79 Å². The molecule has 0 amide bonds. The maximum absolute atomic E-state index is 10.8. The Labute approximate surface area is 91.7 Å². The van der Waals surface area contributed by atoms with Crippen LogP contribution in [0.5, 0.6) is 0 Å². The van der Waals surface area contributed by atoms with Crippen molar-refractivity contribution in [1.29, 1.82) is 0 Å². The van der Waals surface area contributed by atoms with Gasteiger partial charge in [0.2, 0.25) is 0 Å². The van der Waals surface area contributed by atoms with Gasteiger partial charge in [-0.2, -0.15) is 0 Å². The monoisotopic (exact) mass is 208 g/mol. The van der Waals surface area contributed by atoms with Gasteiger partial charge in [0.1, 0.15) is 6.10 Å². The molecule has 15 heavy (non-hydrogen) atoms. The van der Waals surface area contributed by atoms with Crippen molar-refractivity contribution in [3.8, 4) is 0 Å². The number of carbonyl (C=O) groups is 1. The van der Waals surface area contributed by atoms with Gasteiger partial charge in [0.15, 0.2) is 5.78 Å². The van der Waals surface area contributed by atoms with Gasteiger partial charge in [-0.3, -0.25) is 4.79 Å². The number of hydrogen-bond donors (Lipinski definition) is 1. The number of rotatable bonds is 5. The smallest absolute Gasteiger partial charge is 0.158 e. The van der Waals surface area contributed by atoms with Crippen molar-refractivity contribution < 1.29 is 9.90 Å². The van der Waals surface area contributed by atoms with Gasteiger partial charge in [-0.15, -0.1) is 0 Å². The van der Waals surface area contributed by atoms with E-state index in [1.807, 2.05) is 0 Å². The standard InChI is InChI=1S/C13H20O2/c1-9-4-6-12(8-9)10(2)5-7-13(15)11(3)14/h4,12-13,15H,2,5-8H2,1,3H3/t12-,13?/m1/s1. The minimum absolute atomic E-state index is 0.150. The minimum atomic E-state index is -0.808. The largest absolute Gasteiger partial charge is 0.385 e. The molecule has 1 aliphatic rings. The summed E-state index contributed by atoms with van der Waals surface area (Å²) < 4.78 is 0. The Morgan fingerprint density at radius 2 is 2.40 bits per heavy atom. The summed E-state index contributed by atoms with van der Waals surface area (Å²) in [4.78, 5) is 10.8. The number of hydrogen-bond acceptors (Lipinski definition) is 2. The minimum Gasteiger partial charge on any atom is -0.385 e. The van der Waals surface area contributed by atoms with Gasteiger partial charge in [0, 0.05) is 0 Å². The summed E-state index contributed by atoms with van der Waals surface area (Å²) in [7, 11) is 0. The zero-order chi connectivity index (χ0) is 11.4. The summed E-state index contributed by atoms with van der Waals surface area (Å²) in [5.41, 5.74) is 2.59. The second-order valence-corrected chi connectivity index (χ2v) is 4.51. The van der Waals surface area contributed by atoms with Crippen molar-refractivity contribution in [3.63, 3.8) is 0 Å². The Kier molecular flexibility index (Phi) is 4.28. The van der Waals surface area contributed by atoms with Crippen molar-refractivity contribution in [2.45, 2.75) is 45.6 Å². The summed E-state index contributed by atoms with van der Waals surface area (Å²) in [6.45, 7) is 7.61. The van der Waals surface area contributed by atoms with Crippen molar-refractivity contribution in [2.75, 3.05) is 0 Å². The summed E-state index contributed by atoms with van der Waals surface area (Å²) >= 11 is 0. The molecule has 0 heterocycles. The molecule has 0 saturated carbocycles. The second-order valence-electron chi connectivity index (χ2n) is 4.51. The normalized spacial score (nSPS) is 22.3. The maximum atomic E-state index is 10.8. The number of aliphatic hydroxyl groups is 1. The van der Waals surface area contributed by atoms with Crippen LogP contribution in [0.3, 0.4) is 0 Å². The molecule has 1 aliphatic carbocycles. The Morgan fingerprint density at radius 1 is 1.73 bits per heavy atom. The van der Waals surface area contributed by atoms with Gasteiger partial charge < -0.3 is 5.11 Å². The van der Waals surface area contributed by atoms with Crippen LogP contribution in [0.25, 0.3) is 0 Å². The number of allylic oxidation sites excluding steroid dienone is 3. The highest BCUT2D eigenvalue weighted by molar-refractivity contribution is 5.80. The second kappa shape index (κ2) is 5.26. The van der Waals surface area contributed by atoms with Gasteiger partial charge in [-0.1, -0.05) is 23.8 Å². The van der Waals surface area contributed by atoms with E-state index in [2.05, 4.69) is 19.6 Å². The molecular weight excluding hydrogens is 188 g/mol. The summed E-state index contributed by atoms with van der Waals surface area (Å²) in [6, 6.07) is 0. The third-order valence-electron chi connectivity index (χ3n) is 3.10. The highest BCUT2D eigenvalue weighted by Gasteiger charge is 2.18. The number of carbonyl (C=O) groups excluding carboxylic acids is 1. The van der Waals surface area contributed by atoms with E-state index in [0.717, 1.165) is 19.3 Å². The molecule has 84 valence electrons. The lowest BCUT2D eigenvalue weighted by Gasteiger charge is -2.14. The quantitative estimate of drug-likeness (QED) is 0.705. The van der Waals surface area contributed by atoms with Crippen molar-refractivity contribution in [1.82, 2.24) is 0 Å². The molecule has 0 aliphatic heterocycles. The molecule has 0 fully saturated rings. The lowest BCUT2D eigenvalue weighted by Crippen LogP contribution is -2.17. The van der Waals surface area contributed by atoms with Crippen LogP contribution in [0.15, 0.2) is 23.8 Å². The Morgan fingerprint density at radius 3 is 2.87 bits per heavy atom. The van der Waals surface area contributed by atoms with E-state index in [0.29, 0.717) is 12.3 Å². The molecule has 0 spiro atoms. The molecular formula is C13H20O2. The summed E-state index contributed by atoms with van der Waals surface area (Å²) in [6.07, 6.45) is 4.88. The third-order valence-corrected chi connectivity index (χ3v) is 3.10. The zero-order valence-corrected chi connectivity index (χ0v) is 9.62. The first-order valence-corrected chi connectivity index (χ1v) is 5.52. The van der Waals surface area contributed by atoms with Crippen molar-refractivity contribution in [3.05, 3.63) is 23.8 Å². The topological polar surface area (TPSA) is 37.3 Å². The van der Waals surface area contributed by atoms with E-state index in [1.54, 1.807) is 0 Å². The molecule has 0 radical (unpaired) electrons. The van der Waals surface area contributed by atoms with E-state index in [9.17, 15) is 9.90 Å². The molecule has 0 aromatic rings. The number of ketones is 1. The molecule has 1 unspecified atom stereocenters. The van der Waals surface area contributed by atoms with Crippen LogP contribution < -0.4 is 0 Å². The van der Waals surface area contributed by atoms with E-state index >= 15 is 0 Å². The predicted molar refractivity (Wildman–Crippen MR) is 61.5 cm³/mol. The average molecular weight is 208 g/mol. The van der Waals surface area contributed by atoms with Crippen LogP contribution in [0.1, 0.15) is 39.5 Å². The summed E-state index contributed by atoms with van der Waals surface area (Å²) in [5, 5.41) is 9.37. The van der Waals surface area contributed by atoms with E-state index in [1.165, 1.54) is 18.1 Å². The fraction of sp³-hybridized carbons (Fsp3) is 0.615. The van der Waals surface area contributed by atoms with E-state index in [-0.39, 0.29) is 5.78 Å². The first-order chi connectivity index (χ1) is 7.00. The van der Waals surface area contributed by atoms with E-state index in [4.69, 9.17) is 0 Å². The highest BCUT2D eigenvalue weighted by Crippen LogP contribution is 2.31. The lowest BCUT2D eigenvalue weighted by molar-refractivity contribution is -0.125. The molecule has 2 atom stereocenters. The summed E-state index contributed by atoms with van der Waals surface area (Å²) in [5.74, 6) is 0.382. The predicted octanol–water partition coefficient (Wildman–Crippen LogP) is 2.63. The molecule has 0 bridgehead atoms. The Balaban J connectivity index is 2.28. The van der Waals surface area contributed by atoms with Crippen LogP contribution >= 0.6 is 0 Å². The Hall–Kier alpha value is -0.890. The molecule has 0 saturated heterocycles. The molecule has 1 N–H and O–H groups in total. The van der Waals surface area contributed by atoms with Gasteiger partial charge in [-0.05, 0) is 45.4 Å². The molecule has 1 rings (SSSR count). The van der Waals surface area contributed by atoms with Crippen LogP contribution in [0.2, 0.25) is 0 Å². The molecule has 0 aromatic carbocycles. The zero-order valence-electron chi connectivity index (χ0n) is 9.62. The SMILES string of the molecule is C=C(CCC(O)C(C)=O)[C@@H]1CC=C(C)C1. The van der Waals surface area contributed by atoms with Crippen molar-refractivity contribution in [2.24, 2.45) is 5.92 Å². The maximum Gasteiger partial charge on any atom is 0.158 e. The number of Topliss-reactive ketones (excluding diaryl/α,β-unsaturated/α-hetero) is 1. The van der Waals surface area contributed by atoms with Crippen LogP contribution in [-0.4, -0.2) is 17.0 Å². The van der Waals surface area contributed by atoms with Crippen molar-refractivity contribution >= 4 is 5.78 Å².